The van der Waals surface area contributed by atoms with E-state index in [4.69, 9.17) is 13.9 Å². The Morgan fingerprint density at radius 2 is 2.10 bits per heavy atom. The summed E-state index contributed by atoms with van der Waals surface area (Å²) in [6.07, 6.45) is -0.600. The number of carbonyl (C=O) groups excluding carboxylic acids is 1. The molecule has 13 heteroatoms. The number of halogens is 2. The number of aromatic nitrogens is 4. The van der Waals surface area contributed by atoms with Gasteiger partial charge in [0.25, 0.3) is 0 Å². The fraction of sp³-hybridized carbons (Fsp3) is 0.312. The van der Waals surface area contributed by atoms with Crippen LogP contribution in [0.4, 0.5) is 9.18 Å². The van der Waals surface area contributed by atoms with Crippen LogP contribution in [0.25, 0.3) is 17.2 Å². The number of benzene rings is 1. The summed E-state index contributed by atoms with van der Waals surface area (Å²) < 4.78 is 29.4. The van der Waals surface area contributed by atoms with Gasteiger partial charge in [-0.05, 0) is 65.2 Å². The van der Waals surface area contributed by atoms with Crippen molar-refractivity contribution in [3.63, 3.8) is 0 Å². The number of hydrogen-bond acceptors (Lipinski definition) is 9. The number of nitrogens with zero attached hydrogens (tertiary/aromatic N) is 4. The highest BCUT2D eigenvalue weighted by Crippen LogP contribution is 2.28. The van der Waals surface area contributed by atoms with Crippen LogP contribution in [0.2, 0.25) is 0 Å². The van der Waals surface area contributed by atoms with Crippen LogP contribution in [0.3, 0.4) is 0 Å². The van der Waals surface area contributed by atoms with Crippen LogP contribution < -0.4 is 11.1 Å². The van der Waals surface area contributed by atoms with Gasteiger partial charge in [0.15, 0.2) is 10.7 Å². The maximum atomic E-state index is 13.5. The van der Waals surface area contributed by atoms with E-state index in [2.05, 4.69) is 36.7 Å². The minimum atomic E-state index is -0.802. The molecular weight excluding hydrogens is 473 g/mol. The van der Waals surface area contributed by atoms with Gasteiger partial charge < -0.3 is 10.1 Å². The molecule has 10 nitrogen and oxygen atoms in total. The number of carbonyl (C=O) groups is 1. The van der Waals surface area contributed by atoms with Crippen molar-refractivity contribution in [2.24, 2.45) is 0 Å². The van der Waals surface area contributed by atoms with Gasteiger partial charge in [-0.25, -0.2) is 23.2 Å². The lowest BCUT2D eigenvalue weighted by molar-refractivity contribution is 0.0538. The lowest BCUT2D eigenvalue weighted by Crippen LogP contribution is -2.32. The van der Waals surface area contributed by atoms with Crippen molar-refractivity contribution in [2.45, 2.75) is 31.4 Å². The summed E-state index contributed by atoms with van der Waals surface area (Å²) >= 11 is 4.14. The fourth-order valence-electron chi connectivity index (χ4n) is 2.14. The molecule has 1 amide bonds. The zero-order chi connectivity index (χ0) is 21.2. The number of hydrogen-bond donors (Lipinski definition) is 1. The fourth-order valence-corrected chi connectivity index (χ4v) is 3.19. The summed E-state index contributed by atoms with van der Waals surface area (Å²) in [6, 6.07) is 3.96. The van der Waals surface area contributed by atoms with Crippen LogP contribution in [0.15, 0.2) is 41.6 Å². The molecule has 1 N–H and O–H groups in total. The van der Waals surface area contributed by atoms with Crippen molar-refractivity contribution in [2.75, 3.05) is 5.88 Å². The van der Waals surface area contributed by atoms with Crippen LogP contribution in [-0.2, 0) is 4.74 Å². The molecule has 1 aromatic carbocycles. The standard InChI is InChI=1S/C16H15BrFN5O5S/c1-16(2,3)26-14(24)19-7-29-13-11(20-28-22-13)12-21-27-15(25)23(12)8-4-5-10(18)9(17)6-8/h4-6H,7H2,1-3H3,(H,19,24). The summed E-state index contributed by atoms with van der Waals surface area (Å²) in [7, 11) is 0. The van der Waals surface area contributed by atoms with E-state index in [1.165, 1.54) is 18.2 Å². The molecular formula is C16H15BrFN5O5S. The van der Waals surface area contributed by atoms with E-state index in [1.807, 2.05) is 0 Å². The topological polar surface area (TPSA) is 125 Å². The molecule has 0 aliphatic carbocycles. The monoisotopic (exact) mass is 487 g/mol. The lowest BCUT2D eigenvalue weighted by Gasteiger charge is -2.19. The molecule has 2 aromatic heterocycles. The smallest absolute Gasteiger partial charge is 0.444 e. The second-order valence-corrected chi connectivity index (χ2v) is 8.41. The number of nitrogens with one attached hydrogen (secondary N) is 1. The molecule has 29 heavy (non-hydrogen) atoms. The Kier molecular flexibility index (Phi) is 6.07. The first-order valence-electron chi connectivity index (χ1n) is 8.12. The zero-order valence-corrected chi connectivity index (χ0v) is 17.8. The summed E-state index contributed by atoms with van der Waals surface area (Å²) in [5.74, 6) is -1.19. The van der Waals surface area contributed by atoms with Gasteiger partial charge in [0.1, 0.15) is 11.4 Å². The van der Waals surface area contributed by atoms with E-state index >= 15 is 0 Å². The Bertz CT molecular complexity index is 1090. The molecule has 0 saturated carbocycles. The second kappa shape index (κ2) is 8.37. The van der Waals surface area contributed by atoms with Crippen molar-refractivity contribution in [3.8, 4) is 17.2 Å². The molecule has 3 rings (SSSR count). The number of thioether (sulfide) groups is 1. The predicted octanol–water partition coefficient (Wildman–Crippen LogP) is 3.35. The van der Waals surface area contributed by atoms with Crippen molar-refractivity contribution >= 4 is 33.8 Å². The Labute approximate surface area is 175 Å². The highest BCUT2D eigenvalue weighted by molar-refractivity contribution is 9.10. The Hall–Kier alpha value is -2.67. The average molecular weight is 488 g/mol. The molecule has 0 fully saturated rings. The first-order chi connectivity index (χ1) is 13.7. The molecule has 0 radical (unpaired) electrons. The van der Waals surface area contributed by atoms with E-state index in [9.17, 15) is 14.0 Å². The van der Waals surface area contributed by atoms with E-state index in [-0.39, 0.29) is 26.9 Å². The third kappa shape index (κ3) is 5.03. The SMILES string of the molecule is CC(C)(C)OC(=O)NCSc1nonc1-c1noc(=O)n1-c1ccc(F)c(Br)c1. The first kappa shape index (κ1) is 21.0. The van der Waals surface area contributed by atoms with Crippen molar-refractivity contribution < 1.29 is 23.1 Å². The molecule has 0 saturated heterocycles. The van der Waals surface area contributed by atoms with Gasteiger partial charge >= 0.3 is 11.8 Å². The maximum Gasteiger partial charge on any atom is 0.446 e. The first-order valence-corrected chi connectivity index (χ1v) is 9.90. The third-order valence-corrected chi connectivity index (χ3v) is 4.70. The summed E-state index contributed by atoms with van der Waals surface area (Å²) in [6.45, 7) is 5.24. The van der Waals surface area contributed by atoms with Gasteiger partial charge in [-0.2, -0.15) is 0 Å². The highest BCUT2D eigenvalue weighted by atomic mass is 79.9. The van der Waals surface area contributed by atoms with Crippen LogP contribution in [0.5, 0.6) is 0 Å². The number of ether oxygens (including phenoxy) is 1. The van der Waals surface area contributed by atoms with Crippen LogP contribution in [-0.4, -0.2) is 37.6 Å². The van der Waals surface area contributed by atoms with Gasteiger partial charge in [0.05, 0.1) is 16.0 Å². The largest absolute Gasteiger partial charge is 0.446 e. The maximum absolute atomic E-state index is 13.5. The van der Waals surface area contributed by atoms with Crippen LogP contribution in [0.1, 0.15) is 20.8 Å². The van der Waals surface area contributed by atoms with Crippen molar-refractivity contribution in [3.05, 3.63) is 39.0 Å². The highest BCUT2D eigenvalue weighted by Gasteiger charge is 2.24. The number of amides is 1. The molecule has 0 bridgehead atoms. The molecule has 0 atom stereocenters. The number of alkyl carbamates (subject to hydrolysis) is 1. The molecule has 2 heterocycles. The van der Waals surface area contributed by atoms with E-state index < -0.39 is 23.3 Å². The quantitative estimate of drug-likeness (QED) is 0.425. The average Bonchev–Trinajstić information content (AvgIpc) is 3.22. The normalized spacial score (nSPS) is 11.5. The minimum Gasteiger partial charge on any atom is -0.444 e. The van der Waals surface area contributed by atoms with E-state index in [0.717, 1.165) is 16.3 Å². The van der Waals surface area contributed by atoms with Crippen molar-refractivity contribution in [1.82, 2.24) is 25.4 Å². The Balaban J connectivity index is 1.82. The third-order valence-electron chi connectivity index (χ3n) is 3.26. The van der Waals surface area contributed by atoms with Gasteiger partial charge in [-0.1, -0.05) is 16.9 Å². The molecule has 0 spiro atoms. The number of rotatable bonds is 5. The van der Waals surface area contributed by atoms with Gasteiger partial charge in [-0.3, -0.25) is 4.52 Å². The Morgan fingerprint density at radius 3 is 2.79 bits per heavy atom. The minimum absolute atomic E-state index is 0.00882. The van der Waals surface area contributed by atoms with Gasteiger partial charge in [0.2, 0.25) is 5.82 Å². The van der Waals surface area contributed by atoms with Crippen molar-refractivity contribution in [1.29, 1.82) is 0 Å². The van der Waals surface area contributed by atoms with Gasteiger partial charge in [-0.15, -0.1) is 0 Å². The molecule has 0 aliphatic rings. The molecule has 3 aromatic rings. The molecule has 0 unspecified atom stereocenters. The van der Waals surface area contributed by atoms with Crippen LogP contribution in [0, 0.1) is 5.82 Å². The van der Waals surface area contributed by atoms with Gasteiger partial charge in [0, 0.05) is 0 Å². The summed E-state index contributed by atoms with van der Waals surface area (Å²) in [5, 5.41) is 14.0. The lowest BCUT2D eigenvalue weighted by atomic mass is 10.2. The predicted molar refractivity (Wildman–Crippen MR) is 103 cm³/mol. The Morgan fingerprint density at radius 1 is 1.34 bits per heavy atom. The molecule has 0 aliphatic heterocycles. The van der Waals surface area contributed by atoms with E-state index in [1.54, 1.807) is 20.8 Å². The summed E-state index contributed by atoms with van der Waals surface area (Å²) in [5.41, 5.74) is -0.215. The zero-order valence-electron chi connectivity index (χ0n) is 15.4. The second-order valence-electron chi connectivity index (χ2n) is 6.59. The van der Waals surface area contributed by atoms with E-state index in [0.29, 0.717) is 5.69 Å². The molecule has 154 valence electrons. The van der Waals surface area contributed by atoms with Crippen LogP contribution >= 0.6 is 27.7 Å². The summed E-state index contributed by atoms with van der Waals surface area (Å²) in [4.78, 5) is 23.9.